The number of hydrogen-bond acceptors (Lipinski definition) is 1. The van der Waals surface area contributed by atoms with Gasteiger partial charge in [-0.15, -0.1) is 0 Å². The van der Waals surface area contributed by atoms with Gasteiger partial charge in [-0.25, -0.2) is 0 Å². The van der Waals surface area contributed by atoms with E-state index >= 15 is 0 Å². The number of allylic oxidation sites excluding steroid dienone is 2. The minimum absolute atomic E-state index is 0.283. The predicted molar refractivity (Wildman–Crippen MR) is 56.6 cm³/mol. The molecule has 0 saturated heterocycles. The Morgan fingerprint density at radius 2 is 2.00 bits per heavy atom. The molecule has 1 fully saturated rings. The fourth-order valence-corrected chi connectivity index (χ4v) is 2.57. The Morgan fingerprint density at radius 1 is 1.23 bits per heavy atom. The number of nitrogens with one attached hydrogen (secondary N) is 1. The monoisotopic (exact) mass is 179 g/mol. The van der Waals surface area contributed by atoms with Crippen molar-refractivity contribution in [2.75, 3.05) is 6.54 Å². The van der Waals surface area contributed by atoms with Crippen LogP contribution in [0.15, 0.2) is 12.2 Å². The molecule has 13 heavy (non-hydrogen) atoms. The lowest BCUT2D eigenvalue weighted by molar-refractivity contribution is 0.342. The number of hydrogen-bond donors (Lipinski definition) is 1. The molecule has 3 unspecified atom stereocenters. The summed E-state index contributed by atoms with van der Waals surface area (Å²) in [6.45, 7) is 7.94. The molecule has 0 radical (unpaired) electrons. The molecule has 0 amide bonds. The minimum Gasteiger partial charge on any atom is -0.312 e. The van der Waals surface area contributed by atoms with Crippen molar-refractivity contribution in [3.63, 3.8) is 0 Å². The van der Waals surface area contributed by atoms with E-state index in [-0.39, 0.29) is 5.54 Å². The molecule has 0 spiro atoms. The van der Waals surface area contributed by atoms with Crippen molar-refractivity contribution >= 4 is 0 Å². The predicted octanol–water partition coefficient (Wildman–Crippen LogP) is 2.59. The number of fused-ring (bicyclic) bond motifs is 2. The molecule has 1 nitrogen and oxygen atoms in total. The normalized spacial score (nSPS) is 37.3. The van der Waals surface area contributed by atoms with E-state index in [1.807, 2.05) is 0 Å². The average Bonchev–Trinajstić information content (AvgIpc) is 2.58. The van der Waals surface area contributed by atoms with Crippen molar-refractivity contribution in [2.24, 2.45) is 17.8 Å². The highest BCUT2D eigenvalue weighted by atomic mass is 14.9. The first-order valence-electron chi connectivity index (χ1n) is 5.48. The summed E-state index contributed by atoms with van der Waals surface area (Å²) in [5, 5.41) is 3.61. The number of rotatable bonds is 2. The first-order valence-corrected chi connectivity index (χ1v) is 5.48. The smallest absolute Gasteiger partial charge is 0.00966 e. The molecule has 2 aliphatic rings. The summed E-state index contributed by atoms with van der Waals surface area (Å²) in [6.07, 6.45) is 7.70. The molecular formula is C12H21N. The lowest BCUT2D eigenvalue weighted by Crippen LogP contribution is -2.39. The molecule has 3 atom stereocenters. The van der Waals surface area contributed by atoms with Crippen LogP contribution in [0.5, 0.6) is 0 Å². The molecule has 2 aliphatic carbocycles. The molecule has 1 saturated carbocycles. The zero-order valence-corrected chi connectivity index (χ0v) is 9.01. The van der Waals surface area contributed by atoms with Crippen molar-refractivity contribution in [3.8, 4) is 0 Å². The highest BCUT2D eigenvalue weighted by Gasteiger charge is 2.35. The van der Waals surface area contributed by atoms with E-state index in [2.05, 4.69) is 38.2 Å². The van der Waals surface area contributed by atoms with Crippen LogP contribution in [0.1, 0.15) is 33.6 Å². The zero-order valence-electron chi connectivity index (χ0n) is 9.01. The van der Waals surface area contributed by atoms with Crippen LogP contribution in [0.2, 0.25) is 0 Å². The Labute approximate surface area is 81.6 Å². The summed E-state index contributed by atoms with van der Waals surface area (Å²) in [6, 6.07) is 0. The van der Waals surface area contributed by atoms with Crippen molar-refractivity contribution in [1.29, 1.82) is 0 Å². The maximum Gasteiger partial charge on any atom is 0.00966 e. The van der Waals surface area contributed by atoms with Crippen LogP contribution in [0.25, 0.3) is 0 Å². The third-order valence-corrected chi connectivity index (χ3v) is 3.31. The average molecular weight is 179 g/mol. The Bertz CT molecular complexity index is 212. The molecule has 1 N–H and O–H groups in total. The van der Waals surface area contributed by atoms with Gasteiger partial charge in [-0.3, -0.25) is 0 Å². The summed E-state index contributed by atoms with van der Waals surface area (Å²) in [5.41, 5.74) is 0.283. The minimum atomic E-state index is 0.283. The van der Waals surface area contributed by atoms with Crippen LogP contribution in [0.3, 0.4) is 0 Å². The van der Waals surface area contributed by atoms with E-state index < -0.39 is 0 Å². The molecule has 0 aromatic rings. The SMILES string of the molecule is CC(C)(C)NCC1CC2C=CC1C2. The molecule has 0 aromatic heterocycles. The van der Waals surface area contributed by atoms with Crippen molar-refractivity contribution in [3.05, 3.63) is 12.2 Å². The summed E-state index contributed by atoms with van der Waals surface area (Å²) < 4.78 is 0. The Kier molecular flexibility index (Phi) is 2.23. The quantitative estimate of drug-likeness (QED) is 0.642. The second-order valence-corrected chi connectivity index (χ2v) is 5.67. The Hall–Kier alpha value is -0.300. The van der Waals surface area contributed by atoms with Gasteiger partial charge in [0.05, 0.1) is 0 Å². The fraction of sp³-hybridized carbons (Fsp3) is 0.833. The fourth-order valence-electron chi connectivity index (χ4n) is 2.57. The van der Waals surface area contributed by atoms with Crippen LogP contribution in [0.4, 0.5) is 0 Å². The molecule has 0 heterocycles. The molecule has 2 rings (SSSR count). The van der Waals surface area contributed by atoms with E-state index in [1.165, 1.54) is 19.4 Å². The second kappa shape index (κ2) is 3.13. The van der Waals surface area contributed by atoms with Crippen molar-refractivity contribution in [1.82, 2.24) is 5.32 Å². The van der Waals surface area contributed by atoms with E-state index in [4.69, 9.17) is 0 Å². The molecule has 0 aliphatic heterocycles. The molecule has 2 bridgehead atoms. The molecule has 0 aromatic carbocycles. The van der Waals surface area contributed by atoms with Gasteiger partial charge in [0.25, 0.3) is 0 Å². The van der Waals surface area contributed by atoms with Crippen LogP contribution in [-0.4, -0.2) is 12.1 Å². The summed E-state index contributed by atoms with van der Waals surface area (Å²) in [5.74, 6) is 2.71. The maximum absolute atomic E-state index is 3.61. The summed E-state index contributed by atoms with van der Waals surface area (Å²) in [4.78, 5) is 0. The van der Waals surface area contributed by atoms with Gasteiger partial charge in [0.2, 0.25) is 0 Å². The lowest BCUT2D eigenvalue weighted by atomic mass is 9.92. The van der Waals surface area contributed by atoms with Gasteiger partial charge >= 0.3 is 0 Å². The van der Waals surface area contributed by atoms with Crippen molar-refractivity contribution in [2.45, 2.75) is 39.2 Å². The van der Waals surface area contributed by atoms with Crippen LogP contribution in [0, 0.1) is 17.8 Å². The van der Waals surface area contributed by atoms with Crippen molar-refractivity contribution < 1.29 is 0 Å². The summed E-state index contributed by atoms with van der Waals surface area (Å²) in [7, 11) is 0. The Balaban J connectivity index is 1.81. The topological polar surface area (TPSA) is 12.0 Å². The van der Waals surface area contributed by atoms with Gasteiger partial charge in [0.15, 0.2) is 0 Å². The largest absolute Gasteiger partial charge is 0.312 e. The third kappa shape index (κ3) is 2.14. The van der Waals surface area contributed by atoms with Crippen LogP contribution >= 0.6 is 0 Å². The van der Waals surface area contributed by atoms with Gasteiger partial charge in [-0.2, -0.15) is 0 Å². The second-order valence-electron chi connectivity index (χ2n) is 5.67. The van der Waals surface area contributed by atoms with E-state index in [0.717, 1.165) is 17.8 Å². The van der Waals surface area contributed by atoms with Gasteiger partial charge < -0.3 is 5.32 Å². The van der Waals surface area contributed by atoms with E-state index in [1.54, 1.807) is 0 Å². The highest BCUT2D eigenvalue weighted by molar-refractivity contribution is 5.10. The highest BCUT2D eigenvalue weighted by Crippen LogP contribution is 2.43. The van der Waals surface area contributed by atoms with Gasteiger partial charge in [-0.1, -0.05) is 12.2 Å². The molecular weight excluding hydrogens is 158 g/mol. The Morgan fingerprint density at radius 3 is 2.46 bits per heavy atom. The summed E-state index contributed by atoms with van der Waals surface area (Å²) >= 11 is 0. The van der Waals surface area contributed by atoms with Crippen LogP contribution < -0.4 is 5.32 Å². The first kappa shape index (κ1) is 9.26. The van der Waals surface area contributed by atoms with E-state index in [9.17, 15) is 0 Å². The van der Waals surface area contributed by atoms with Gasteiger partial charge in [0, 0.05) is 5.54 Å². The lowest BCUT2D eigenvalue weighted by Gasteiger charge is -2.26. The third-order valence-electron chi connectivity index (χ3n) is 3.31. The van der Waals surface area contributed by atoms with Crippen LogP contribution in [-0.2, 0) is 0 Å². The molecule has 1 heteroatoms. The van der Waals surface area contributed by atoms with Gasteiger partial charge in [0.1, 0.15) is 0 Å². The maximum atomic E-state index is 3.61. The van der Waals surface area contributed by atoms with E-state index in [0.29, 0.717) is 0 Å². The van der Waals surface area contributed by atoms with Gasteiger partial charge in [-0.05, 0) is 57.9 Å². The zero-order chi connectivity index (χ0) is 9.47. The first-order chi connectivity index (χ1) is 6.04. The standard InChI is InChI=1S/C12H21N/c1-12(2,3)13-8-11-7-9-4-5-10(11)6-9/h4-5,9-11,13H,6-8H2,1-3H3. The molecule has 74 valence electrons.